The number of benzene rings is 1. The maximum absolute atomic E-state index is 9.84. The Morgan fingerprint density at radius 2 is 1.89 bits per heavy atom. The highest BCUT2D eigenvalue weighted by Crippen LogP contribution is 2.28. The van der Waals surface area contributed by atoms with Crippen molar-refractivity contribution in [2.75, 3.05) is 0 Å². The zero-order chi connectivity index (χ0) is 13.0. The first-order chi connectivity index (χ1) is 8.70. The van der Waals surface area contributed by atoms with Gasteiger partial charge in [0, 0.05) is 16.2 Å². The van der Waals surface area contributed by atoms with Crippen LogP contribution in [0.2, 0.25) is 0 Å². The minimum absolute atomic E-state index is 0.409. The number of hydrogen-bond donors (Lipinski definition) is 1. The van der Waals surface area contributed by atoms with Crippen molar-refractivity contribution in [3.63, 3.8) is 0 Å². The van der Waals surface area contributed by atoms with E-state index in [-0.39, 0.29) is 0 Å². The quantitative estimate of drug-likeness (QED) is 0.901. The Kier molecular flexibility index (Phi) is 4.39. The van der Waals surface area contributed by atoms with Gasteiger partial charge in [-0.05, 0) is 31.5 Å². The van der Waals surface area contributed by atoms with Gasteiger partial charge in [0.25, 0.3) is 0 Å². The van der Waals surface area contributed by atoms with Crippen LogP contribution >= 0.6 is 11.8 Å². The average Bonchev–Trinajstić information content (AvgIpc) is 2.39. The molecule has 1 aromatic carbocycles. The number of hydrogen-bond acceptors (Lipinski definition) is 3. The molecule has 0 bridgehead atoms. The van der Waals surface area contributed by atoms with E-state index in [1.807, 2.05) is 44.2 Å². The van der Waals surface area contributed by atoms with Gasteiger partial charge in [0.05, 0.1) is 6.10 Å². The second kappa shape index (κ2) is 6.03. The Morgan fingerprint density at radius 3 is 2.50 bits per heavy atom. The van der Waals surface area contributed by atoms with Crippen molar-refractivity contribution >= 4 is 11.8 Å². The Bertz CT molecular complexity index is 513. The Morgan fingerprint density at radius 1 is 1.17 bits per heavy atom. The molecule has 0 saturated carbocycles. The minimum atomic E-state index is -0.409. The summed E-state index contributed by atoms with van der Waals surface area (Å²) in [4.78, 5) is 5.71. The largest absolute Gasteiger partial charge is 0.388 e. The third kappa shape index (κ3) is 3.12. The molecule has 0 aliphatic heterocycles. The van der Waals surface area contributed by atoms with Crippen molar-refractivity contribution in [2.24, 2.45) is 0 Å². The average molecular weight is 259 g/mol. The molecule has 0 amide bonds. The van der Waals surface area contributed by atoms with Crippen molar-refractivity contribution in [2.45, 2.75) is 36.3 Å². The standard InChI is InChI=1S/C15H17NOS/c1-3-14(17)13-9-10-15(16-11(13)2)18-12-7-5-4-6-8-12/h4-10,14,17H,3H2,1-2H3. The summed E-state index contributed by atoms with van der Waals surface area (Å²) in [7, 11) is 0. The lowest BCUT2D eigenvalue weighted by molar-refractivity contribution is 0.172. The first kappa shape index (κ1) is 13.1. The van der Waals surface area contributed by atoms with E-state index in [0.29, 0.717) is 6.42 Å². The summed E-state index contributed by atoms with van der Waals surface area (Å²) in [5, 5.41) is 10.8. The van der Waals surface area contributed by atoms with Gasteiger partial charge in [-0.1, -0.05) is 43.0 Å². The molecule has 0 aliphatic rings. The van der Waals surface area contributed by atoms with Crippen molar-refractivity contribution in [3.05, 3.63) is 53.7 Å². The SMILES string of the molecule is CCC(O)c1ccc(Sc2ccccc2)nc1C. The highest BCUT2D eigenvalue weighted by Gasteiger charge is 2.10. The summed E-state index contributed by atoms with van der Waals surface area (Å²) in [5.74, 6) is 0. The third-order valence-corrected chi connectivity index (χ3v) is 3.76. The number of aromatic nitrogens is 1. The van der Waals surface area contributed by atoms with Crippen molar-refractivity contribution in [1.29, 1.82) is 0 Å². The number of pyridine rings is 1. The van der Waals surface area contributed by atoms with E-state index >= 15 is 0 Å². The van der Waals surface area contributed by atoms with Crippen LogP contribution in [-0.4, -0.2) is 10.1 Å². The fraction of sp³-hybridized carbons (Fsp3) is 0.267. The molecule has 94 valence electrons. The van der Waals surface area contributed by atoms with E-state index in [4.69, 9.17) is 0 Å². The summed E-state index contributed by atoms with van der Waals surface area (Å²) in [6.45, 7) is 3.92. The van der Waals surface area contributed by atoms with Gasteiger partial charge in [-0.25, -0.2) is 4.98 Å². The predicted molar refractivity (Wildman–Crippen MR) is 74.8 cm³/mol. The number of rotatable bonds is 4. The van der Waals surface area contributed by atoms with Crippen LogP contribution in [0.5, 0.6) is 0 Å². The molecule has 1 heterocycles. The van der Waals surface area contributed by atoms with Gasteiger partial charge >= 0.3 is 0 Å². The second-order valence-corrected chi connectivity index (χ2v) is 5.26. The first-order valence-electron chi connectivity index (χ1n) is 6.09. The molecule has 3 heteroatoms. The molecule has 0 fully saturated rings. The minimum Gasteiger partial charge on any atom is -0.388 e. The normalized spacial score (nSPS) is 12.4. The van der Waals surface area contributed by atoms with E-state index in [9.17, 15) is 5.11 Å². The maximum atomic E-state index is 9.84. The smallest absolute Gasteiger partial charge is 0.101 e. The fourth-order valence-electron chi connectivity index (χ4n) is 1.79. The molecule has 2 aromatic rings. The lowest BCUT2D eigenvalue weighted by atomic mass is 10.1. The Balaban J connectivity index is 2.19. The summed E-state index contributed by atoms with van der Waals surface area (Å²) in [6, 6.07) is 14.1. The topological polar surface area (TPSA) is 33.1 Å². The van der Waals surface area contributed by atoms with Crippen LogP contribution in [0.3, 0.4) is 0 Å². The maximum Gasteiger partial charge on any atom is 0.101 e. The van der Waals surface area contributed by atoms with E-state index in [1.165, 1.54) is 4.90 Å². The third-order valence-electron chi connectivity index (χ3n) is 2.81. The van der Waals surface area contributed by atoms with Crippen LogP contribution in [0, 0.1) is 6.92 Å². The highest BCUT2D eigenvalue weighted by molar-refractivity contribution is 7.99. The van der Waals surface area contributed by atoms with Gasteiger partial charge in [-0.15, -0.1) is 0 Å². The highest BCUT2D eigenvalue weighted by atomic mass is 32.2. The summed E-state index contributed by atoms with van der Waals surface area (Å²) in [5.41, 5.74) is 1.83. The number of aryl methyl sites for hydroxylation is 1. The molecule has 0 radical (unpaired) electrons. The summed E-state index contributed by atoms with van der Waals surface area (Å²) >= 11 is 1.64. The molecule has 1 unspecified atom stereocenters. The molecule has 1 aromatic heterocycles. The second-order valence-electron chi connectivity index (χ2n) is 4.16. The summed E-state index contributed by atoms with van der Waals surface area (Å²) in [6.07, 6.45) is 0.307. The van der Waals surface area contributed by atoms with Gasteiger partial charge < -0.3 is 5.11 Å². The Hall–Kier alpha value is -1.32. The predicted octanol–water partition coefficient (Wildman–Crippen LogP) is 3.98. The van der Waals surface area contributed by atoms with Crippen LogP contribution in [0.15, 0.2) is 52.4 Å². The van der Waals surface area contributed by atoms with Crippen LogP contribution in [0.1, 0.15) is 30.7 Å². The van der Waals surface area contributed by atoms with Gasteiger partial charge in [-0.2, -0.15) is 0 Å². The monoisotopic (exact) mass is 259 g/mol. The first-order valence-corrected chi connectivity index (χ1v) is 6.91. The fourth-order valence-corrected chi connectivity index (χ4v) is 2.64. The van der Waals surface area contributed by atoms with E-state index < -0.39 is 6.10 Å². The van der Waals surface area contributed by atoms with E-state index in [2.05, 4.69) is 17.1 Å². The molecule has 1 N–H and O–H groups in total. The number of nitrogens with zero attached hydrogens (tertiary/aromatic N) is 1. The number of aliphatic hydroxyl groups is 1. The van der Waals surface area contributed by atoms with Gasteiger partial charge in [-0.3, -0.25) is 0 Å². The molecular formula is C15H17NOS. The van der Waals surface area contributed by atoms with Gasteiger partial charge in [0.2, 0.25) is 0 Å². The molecule has 0 spiro atoms. The van der Waals surface area contributed by atoms with E-state index in [0.717, 1.165) is 16.3 Å². The molecular weight excluding hydrogens is 242 g/mol. The lowest BCUT2D eigenvalue weighted by Crippen LogP contribution is -2.00. The molecule has 1 atom stereocenters. The molecule has 18 heavy (non-hydrogen) atoms. The molecule has 0 saturated heterocycles. The lowest BCUT2D eigenvalue weighted by Gasteiger charge is -2.11. The van der Waals surface area contributed by atoms with E-state index in [1.54, 1.807) is 11.8 Å². The molecule has 0 aliphatic carbocycles. The zero-order valence-corrected chi connectivity index (χ0v) is 11.4. The summed E-state index contributed by atoms with van der Waals surface area (Å²) < 4.78 is 0. The molecule has 2 nitrogen and oxygen atoms in total. The molecule has 2 rings (SSSR count). The Labute approximate surface area is 112 Å². The van der Waals surface area contributed by atoms with Crippen molar-refractivity contribution in [3.8, 4) is 0 Å². The van der Waals surface area contributed by atoms with Crippen LogP contribution in [-0.2, 0) is 0 Å². The zero-order valence-electron chi connectivity index (χ0n) is 10.6. The van der Waals surface area contributed by atoms with Crippen LogP contribution in [0.4, 0.5) is 0 Å². The van der Waals surface area contributed by atoms with Crippen molar-refractivity contribution in [1.82, 2.24) is 4.98 Å². The van der Waals surface area contributed by atoms with Crippen LogP contribution < -0.4 is 0 Å². The van der Waals surface area contributed by atoms with Crippen LogP contribution in [0.25, 0.3) is 0 Å². The van der Waals surface area contributed by atoms with Gasteiger partial charge in [0.15, 0.2) is 0 Å². The number of aliphatic hydroxyl groups excluding tert-OH is 1. The van der Waals surface area contributed by atoms with Gasteiger partial charge in [0.1, 0.15) is 5.03 Å². The van der Waals surface area contributed by atoms with Crippen molar-refractivity contribution < 1.29 is 5.11 Å².